The van der Waals surface area contributed by atoms with Crippen LogP contribution >= 0.6 is 0 Å². The Morgan fingerprint density at radius 3 is 1.73 bits per heavy atom. The molecular formula is C45H28N4. The monoisotopic (exact) mass is 624 g/mol. The molecule has 0 amide bonds. The molecule has 49 heavy (non-hydrogen) atoms. The van der Waals surface area contributed by atoms with Gasteiger partial charge in [0.05, 0.1) is 28.1 Å². The van der Waals surface area contributed by atoms with Crippen molar-refractivity contribution in [3.63, 3.8) is 0 Å². The molecule has 0 aliphatic heterocycles. The Balaban J connectivity index is 1.04. The molecule has 10 aromatic rings. The van der Waals surface area contributed by atoms with Crippen LogP contribution in [0.1, 0.15) is 0 Å². The first-order valence-corrected chi connectivity index (χ1v) is 16.5. The summed E-state index contributed by atoms with van der Waals surface area (Å²) in [4.78, 5) is 15.2. The SMILES string of the molecule is c1cc(-c2ccc3ccc4ccc(-c5ccc(-c6cc7ccccc7c7ccccc67)cc5)nc4c3n2)cc(-c2cn3ccccc3n2)c1. The minimum absolute atomic E-state index is 0.897. The molecule has 6 aromatic carbocycles. The van der Waals surface area contributed by atoms with Crippen LogP contribution in [0.15, 0.2) is 170 Å². The van der Waals surface area contributed by atoms with Crippen LogP contribution in [0.4, 0.5) is 0 Å². The van der Waals surface area contributed by atoms with Gasteiger partial charge in [-0.15, -0.1) is 0 Å². The Morgan fingerprint density at radius 2 is 0.980 bits per heavy atom. The Kier molecular flexibility index (Phi) is 6.15. The number of rotatable bonds is 4. The van der Waals surface area contributed by atoms with Gasteiger partial charge in [0.15, 0.2) is 0 Å². The van der Waals surface area contributed by atoms with Gasteiger partial charge in [-0.3, -0.25) is 0 Å². The van der Waals surface area contributed by atoms with Crippen LogP contribution in [0, 0.1) is 0 Å². The minimum atomic E-state index is 0.897. The highest BCUT2D eigenvalue weighted by Crippen LogP contribution is 2.36. The molecule has 0 fully saturated rings. The molecule has 0 saturated heterocycles. The number of benzene rings is 6. The lowest BCUT2D eigenvalue weighted by Crippen LogP contribution is -1.91. The number of hydrogen-bond donors (Lipinski definition) is 0. The summed E-state index contributed by atoms with van der Waals surface area (Å²) in [5.41, 5.74) is 11.1. The Morgan fingerprint density at radius 1 is 0.367 bits per heavy atom. The molecule has 4 heterocycles. The van der Waals surface area contributed by atoms with E-state index in [0.29, 0.717) is 0 Å². The van der Waals surface area contributed by atoms with E-state index in [-0.39, 0.29) is 0 Å². The molecule has 228 valence electrons. The molecule has 10 rings (SSSR count). The van der Waals surface area contributed by atoms with Crippen LogP contribution in [0.2, 0.25) is 0 Å². The summed E-state index contributed by atoms with van der Waals surface area (Å²) in [6.07, 6.45) is 4.09. The molecule has 4 heteroatoms. The van der Waals surface area contributed by atoms with Crippen molar-refractivity contribution < 1.29 is 0 Å². The van der Waals surface area contributed by atoms with Crippen LogP contribution in [0.3, 0.4) is 0 Å². The molecule has 0 spiro atoms. The standard InChI is InChI=1S/C45H28N4/c1-2-11-36-33(8-1)27-39(38-13-4-3-12-37(36)38)29-15-17-30(18-16-29)40-23-21-31-19-20-32-22-24-41(48-45(32)44(31)47-40)34-9-7-10-35(26-34)42-28-49-25-6-5-14-43(49)46-42/h1-28H. The van der Waals surface area contributed by atoms with Gasteiger partial charge in [-0.1, -0.05) is 121 Å². The number of fused-ring (bicyclic) bond motifs is 7. The van der Waals surface area contributed by atoms with E-state index in [2.05, 4.69) is 146 Å². The van der Waals surface area contributed by atoms with Crippen molar-refractivity contribution in [1.82, 2.24) is 19.4 Å². The maximum Gasteiger partial charge on any atom is 0.137 e. The van der Waals surface area contributed by atoms with Gasteiger partial charge in [0.1, 0.15) is 5.65 Å². The van der Waals surface area contributed by atoms with Gasteiger partial charge in [-0.25, -0.2) is 15.0 Å². The third kappa shape index (κ3) is 4.65. The van der Waals surface area contributed by atoms with Crippen molar-refractivity contribution in [1.29, 1.82) is 0 Å². The van der Waals surface area contributed by atoms with E-state index in [1.807, 2.05) is 28.8 Å². The molecule has 0 radical (unpaired) electrons. The molecular weight excluding hydrogens is 597 g/mol. The number of hydrogen-bond acceptors (Lipinski definition) is 3. The van der Waals surface area contributed by atoms with Crippen molar-refractivity contribution in [3.8, 4) is 44.9 Å². The van der Waals surface area contributed by atoms with E-state index in [0.717, 1.165) is 61.2 Å². The summed E-state index contributed by atoms with van der Waals surface area (Å²) < 4.78 is 2.05. The van der Waals surface area contributed by atoms with E-state index >= 15 is 0 Å². The van der Waals surface area contributed by atoms with Crippen molar-refractivity contribution in [3.05, 3.63) is 170 Å². The van der Waals surface area contributed by atoms with Crippen LogP contribution in [0.5, 0.6) is 0 Å². The second-order valence-corrected chi connectivity index (χ2v) is 12.5. The molecule has 4 nitrogen and oxygen atoms in total. The fraction of sp³-hybridized carbons (Fsp3) is 0. The first-order valence-electron chi connectivity index (χ1n) is 16.5. The van der Waals surface area contributed by atoms with E-state index in [4.69, 9.17) is 15.0 Å². The number of pyridine rings is 3. The lowest BCUT2D eigenvalue weighted by molar-refractivity contribution is 1.19. The molecule has 0 unspecified atom stereocenters. The van der Waals surface area contributed by atoms with Gasteiger partial charge in [0, 0.05) is 39.9 Å². The van der Waals surface area contributed by atoms with Crippen LogP contribution < -0.4 is 0 Å². The highest BCUT2D eigenvalue weighted by atomic mass is 15.0. The number of nitrogens with zero attached hydrogens (tertiary/aromatic N) is 4. The number of imidazole rings is 1. The van der Waals surface area contributed by atoms with Gasteiger partial charge in [-0.2, -0.15) is 0 Å². The van der Waals surface area contributed by atoms with Crippen LogP contribution in [-0.2, 0) is 0 Å². The normalized spacial score (nSPS) is 11.7. The molecule has 0 atom stereocenters. The fourth-order valence-electron chi connectivity index (χ4n) is 7.11. The van der Waals surface area contributed by atoms with Crippen molar-refractivity contribution in [2.75, 3.05) is 0 Å². The zero-order valence-electron chi connectivity index (χ0n) is 26.5. The van der Waals surface area contributed by atoms with Gasteiger partial charge in [0.2, 0.25) is 0 Å². The lowest BCUT2D eigenvalue weighted by Gasteiger charge is -2.12. The second kappa shape index (κ2) is 11.0. The summed E-state index contributed by atoms with van der Waals surface area (Å²) in [6, 6.07) is 55.7. The minimum Gasteiger partial charge on any atom is -0.306 e. The summed E-state index contributed by atoms with van der Waals surface area (Å²) in [5.74, 6) is 0. The highest BCUT2D eigenvalue weighted by Gasteiger charge is 2.12. The van der Waals surface area contributed by atoms with Gasteiger partial charge < -0.3 is 4.40 Å². The third-order valence-electron chi connectivity index (χ3n) is 9.60. The first-order chi connectivity index (χ1) is 24.2. The zero-order valence-corrected chi connectivity index (χ0v) is 26.5. The maximum atomic E-state index is 5.22. The maximum absolute atomic E-state index is 5.22. The second-order valence-electron chi connectivity index (χ2n) is 12.5. The van der Waals surface area contributed by atoms with Gasteiger partial charge in [-0.05, 0) is 69.1 Å². The van der Waals surface area contributed by atoms with Crippen LogP contribution in [-0.4, -0.2) is 19.4 Å². The third-order valence-corrected chi connectivity index (χ3v) is 9.60. The molecule has 0 saturated carbocycles. The lowest BCUT2D eigenvalue weighted by atomic mass is 9.93. The average molecular weight is 625 g/mol. The molecule has 4 aromatic heterocycles. The van der Waals surface area contributed by atoms with E-state index in [1.54, 1.807) is 0 Å². The van der Waals surface area contributed by atoms with E-state index in [9.17, 15) is 0 Å². The van der Waals surface area contributed by atoms with Gasteiger partial charge >= 0.3 is 0 Å². The quantitative estimate of drug-likeness (QED) is 0.183. The topological polar surface area (TPSA) is 43.1 Å². The fourth-order valence-corrected chi connectivity index (χ4v) is 7.11. The molecule has 0 N–H and O–H groups in total. The largest absolute Gasteiger partial charge is 0.306 e. The van der Waals surface area contributed by atoms with Gasteiger partial charge in [0.25, 0.3) is 0 Å². The highest BCUT2D eigenvalue weighted by molar-refractivity contribution is 6.13. The molecule has 0 bridgehead atoms. The Bertz CT molecular complexity index is 2850. The van der Waals surface area contributed by atoms with E-state index < -0.39 is 0 Å². The Labute approximate surface area is 282 Å². The predicted molar refractivity (Wildman–Crippen MR) is 203 cm³/mol. The van der Waals surface area contributed by atoms with Crippen LogP contribution in [0.25, 0.3) is 93.9 Å². The van der Waals surface area contributed by atoms with Crippen molar-refractivity contribution in [2.24, 2.45) is 0 Å². The smallest absolute Gasteiger partial charge is 0.137 e. The van der Waals surface area contributed by atoms with E-state index in [1.165, 1.54) is 32.7 Å². The summed E-state index contributed by atoms with van der Waals surface area (Å²) in [5, 5.41) is 7.19. The summed E-state index contributed by atoms with van der Waals surface area (Å²) in [6.45, 7) is 0. The Hall–Kier alpha value is -6.65. The van der Waals surface area contributed by atoms with Crippen molar-refractivity contribution in [2.45, 2.75) is 0 Å². The summed E-state index contributed by atoms with van der Waals surface area (Å²) >= 11 is 0. The number of aromatic nitrogens is 4. The first kappa shape index (κ1) is 27.5. The van der Waals surface area contributed by atoms with Crippen molar-refractivity contribution >= 4 is 49.0 Å². The molecule has 0 aliphatic rings. The average Bonchev–Trinajstić information content (AvgIpc) is 3.62. The summed E-state index contributed by atoms with van der Waals surface area (Å²) in [7, 11) is 0. The zero-order chi connectivity index (χ0) is 32.3. The predicted octanol–water partition coefficient (Wildman–Crippen LogP) is 11.4. The molecule has 0 aliphatic carbocycles.